The van der Waals surface area contributed by atoms with Crippen LogP contribution in [-0.2, 0) is 14.3 Å². The first-order chi connectivity index (χ1) is 6.77. The van der Waals surface area contributed by atoms with Crippen molar-refractivity contribution in [3.63, 3.8) is 0 Å². The molecule has 0 bridgehead atoms. The van der Waals surface area contributed by atoms with Crippen LogP contribution in [-0.4, -0.2) is 32.3 Å². The normalized spacial score (nSPS) is 10.4. The Morgan fingerprint density at radius 3 is 2.21 bits per heavy atom. The summed E-state index contributed by atoms with van der Waals surface area (Å²) >= 11 is 0. The van der Waals surface area contributed by atoms with Crippen molar-refractivity contribution in [3.8, 4) is 0 Å². The van der Waals surface area contributed by atoms with E-state index in [9.17, 15) is 4.79 Å². The lowest BCUT2D eigenvalue weighted by Crippen LogP contribution is -2.18. The molecule has 0 saturated heterocycles. The number of carbonyl (C=O) groups is 1. The van der Waals surface area contributed by atoms with E-state index in [-0.39, 0.29) is 6.61 Å². The maximum atomic E-state index is 10.3. The van der Waals surface area contributed by atoms with Crippen molar-refractivity contribution in [1.82, 2.24) is 0 Å². The predicted octanol–water partition coefficient (Wildman–Crippen LogP) is 1.09. The number of amides is 1. The molecule has 0 radical (unpaired) electrons. The van der Waals surface area contributed by atoms with Crippen molar-refractivity contribution in [2.24, 2.45) is 5.73 Å². The highest BCUT2D eigenvalue weighted by Gasteiger charge is 1.94. The molecule has 0 aliphatic rings. The smallest absolute Gasteiger partial charge is 0.243 e. The minimum absolute atomic E-state index is 0.0245. The van der Waals surface area contributed by atoms with Gasteiger partial charge in [0.05, 0.1) is 0 Å². The van der Waals surface area contributed by atoms with Gasteiger partial charge in [-0.25, -0.2) is 0 Å². The molecule has 0 heterocycles. The topological polar surface area (TPSA) is 61.6 Å². The van der Waals surface area contributed by atoms with Crippen LogP contribution in [0.4, 0.5) is 0 Å². The zero-order chi connectivity index (χ0) is 10.6. The molecule has 0 aromatic heterocycles. The number of unbranched alkanes of at least 4 members (excludes halogenated alkanes) is 2. The molecule has 0 unspecified atom stereocenters. The molecule has 0 aromatic carbocycles. The van der Waals surface area contributed by atoms with Gasteiger partial charge in [0, 0.05) is 19.8 Å². The van der Waals surface area contributed by atoms with Crippen LogP contribution in [0, 0.1) is 0 Å². The lowest BCUT2D eigenvalue weighted by molar-refractivity contribution is -0.122. The van der Waals surface area contributed by atoms with E-state index >= 15 is 0 Å². The van der Waals surface area contributed by atoms with Gasteiger partial charge in [-0.3, -0.25) is 4.79 Å². The molecule has 14 heavy (non-hydrogen) atoms. The number of hydrogen-bond acceptors (Lipinski definition) is 3. The fraction of sp³-hybridized carbons (Fsp3) is 0.900. The number of carbonyl (C=O) groups excluding carboxylic acids is 1. The van der Waals surface area contributed by atoms with E-state index in [0.29, 0.717) is 6.61 Å². The average molecular weight is 203 g/mol. The Labute approximate surface area is 85.8 Å². The number of ether oxygens (including phenoxy) is 2. The maximum absolute atomic E-state index is 10.3. The zero-order valence-electron chi connectivity index (χ0n) is 8.96. The summed E-state index contributed by atoms with van der Waals surface area (Å²) in [6.45, 7) is 4.37. The van der Waals surface area contributed by atoms with Gasteiger partial charge in [-0.15, -0.1) is 0 Å². The number of rotatable bonds is 10. The Hall–Kier alpha value is -0.610. The summed E-state index contributed by atoms with van der Waals surface area (Å²) in [6.07, 6.45) is 4.18. The molecule has 84 valence electrons. The van der Waals surface area contributed by atoms with E-state index in [0.717, 1.165) is 32.5 Å². The summed E-state index contributed by atoms with van der Waals surface area (Å²) in [6, 6.07) is 0. The van der Waals surface area contributed by atoms with E-state index in [1.807, 2.05) is 0 Å². The van der Waals surface area contributed by atoms with E-state index in [1.165, 1.54) is 6.42 Å². The number of hydrogen-bond donors (Lipinski definition) is 1. The first-order valence-electron chi connectivity index (χ1n) is 5.21. The molecule has 0 spiro atoms. The molecule has 0 atom stereocenters. The molecule has 0 rings (SSSR count). The van der Waals surface area contributed by atoms with Crippen LogP contribution in [0.15, 0.2) is 0 Å². The maximum Gasteiger partial charge on any atom is 0.243 e. The van der Waals surface area contributed by atoms with Crippen LogP contribution in [0.25, 0.3) is 0 Å². The SMILES string of the molecule is CCCCOCCCCOCC(N)=O. The average Bonchev–Trinajstić information content (AvgIpc) is 2.15. The molecule has 0 aliphatic heterocycles. The first kappa shape index (κ1) is 13.4. The van der Waals surface area contributed by atoms with E-state index in [4.69, 9.17) is 15.2 Å². The molecule has 2 N–H and O–H groups in total. The highest BCUT2D eigenvalue weighted by Crippen LogP contribution is 1.93. The van der Waals surface area contributed by atoms with Gasteiger partial charge < -0.3 is 15.2 Å². The fourth-order valence-electron chi connectivity index (χ4n) is 0.929. The van der Waals surface area contributed by atoms with Crippen LogP contribution in [0.2, 0.25) is 0 Å². The van der Waals surface area contributed by atoms with Gasteiger partial charge in [-0.05, 0) is 19.3 Å². The lowest BCUT2D eigenvalue weighted by Gasteiger charge is -2.03. The monoisotopic (exact) mass is 203 g/mol. The van der Waals surface area contributed by atoms with Crippen LogP contribution in [0.5, 0.6) is 0 Å². The van der Waals surface area contributed by atoms with Gasteiger partial charge in [0.2, 0.25) is 5.91 Å². The van der Waals surface area contributed by atoms with Crippen LogP contribution >= 0.6 is 0 Å². The van der Waals surface area contributed by atoms with Gasteiger partial charge in [0.1, 0.15) is 6.61 Å². The third-order valence-electron chi connectivity index (χ3n) is 1.71. The first-order valence-corrected chi connectivity index (χ1v) is 5.21. The minimum atomic E-state index is -0.413. The Bertz CT molecular complexity index is 139. The van der Waals surface area contributed by atoms with E-state index < -0.39 is 5.91 Å². The Morgan fingerprint density at radius 2 is 1.64 bits per heavy atom. The standard InChI is InChI=1S/C10H21NO3/c1-2-3-6-13-7-4-5-8-14-9-10(11)12/h2-9H2,1H3,(H2,11,12). The lowest BCUT2D eigenvalue weighted by atomic mass is 10.3. The molecule has 0 saturated carbocycles. The van der Waals surface area contributed by atoms with E-state index in [1.54, 1.807) is 0 Å². The Kier molecular flexibility index (Phi) is 10.0. The minimum Gasteiger partial charge on any atom is -0.381 e. The molecule has 0 aliphatic carbocycles. The molecule has 0 fully saturated rings. The highest BCUT2D eigenvalue weighted by atomic mass is 16.5. The molecule has 4 heteroatoms. The van der Waals surface area contributed by atoms with Crippen molar-refractivity contribution >= 4 is 5.91 Å². The largest absolute Gasteiger partial charge is 0.381 e. The van der Waals surface area contributed by atoms with Crippen molar-refractivity contribution < 1.29 is 14.3 Å². The Balaban J connectivity index is 2.88. The van der Waals surface area contributed by atoms with Crippen LogP contribution in [0.1, 0.15) is 32.6 Å². The number of nitrogens with two attached hydrogens (primary N) is 1. The quantitative estimate of drug-likeness (QED) is 0.540. The van der Waals surface area contributed by atoms with Gasteiger partial charge in [0.15, 0.2) is 0 Å². The van der Waals surface area contributed by atoms with E-state index in [2.05, 4.69) is 6.92 Å². The third kappa shape index (κ3) is 11.4. The van der Waals surface area contributed by atoms with Crippen molar-refractivity contribution in [2.45, 2.75) is 32.6 Å². The second-order valence-corrected chi connectivity index (χ2v) is 3.19. The second-order valence-electron chi connectivity index (χ2n) is 3.19. The zero-order valence-corrected chi connectivity index (χ0v) is 8.96. The number of primary amides is 1. The fourth-order valence-corrected chi connectivity index (χ4v) is 0.929. The summed E-state index contributed by atoms with van der Waals surface area (Å²) in [7, 11) is 0. The van der Waals surface area contributed by atoms with Crippen LogP contribution < -0.4 is 5.73 Å². The molecular formula is C10H21NO3. The second kappa shape index (κ2) is 10.5. The van der Waals surface area contributed by atoms with Crippen molar-refractivity contribution in [1.29, 1.82) is 0 Å². The third-order valence-corrected chi connectivity index (χ3v) is 1.71. The predicted molar refractivity (Wildman–Crippen MR) is 55.0 cm³/mol. The summed E-state index contributed by atoms with van der Waals surface area (Å²) in [5.41, 5.74) is 4.90. The Morgan fingerprint density at radius 1 is 1.07 bits per heavy atom. The summed E-state index contributed by atoms with van der Waals surface area (Å²) < 4.78 is 10.3. The van der Waals surface area contributed by atoms with Gasteiger partial charge >= 0.3 is 0 Å². The van der Waals surface area contributed by atoms with Crippen LogP contribution in [0.3, 0.4) is 0 Å². The summed E-state index contributed by atoms with van der Waals surface area (Å²) in [5, 5.41) is 0. The van der Waals surface area contributed by atoms with Gasteiger partial charge in [0.25, 0.3) is 0 Å². The highest BCUT2D eigenvalue weighted by molar-refractivity contribution is 5.74. The summed E-state index contributed by atoms with van der Waals surface area (Å²) in [5.74, 6) is -0.413. The van der Waals surface area contributed by atoms with Crippen molar-refractivity contribution in [3.05, 3.63) is 0 Å². The van der Waals surface area contributed by atoms with Crippen molar-refractivity contribution in [2.75, 3.05) is 26.4 Å². The molecule has 4 nitrogen and oxygen atoms in total. The molecule has 0 aromatic rings. The molecule has 1 amide bonds. The van der Waals surface area contributed by atoms with Gasteiger partial charge in [-0.1, -0.05) is 13.3 Å². The summed E-state index contributed by atoms with van der Waals surface area (Å²) in [4.78, 5) is 10.3. The van der Waals surface area contributed by atoms with Gasteiger partial charge in [-0.2, -0.15) is 0 Å². The molecular weight excluding hydrogens is 182 g/mol.